The largest absolute Gasteiger partial charge is 0.454 e. The summed E-state index contributed by atoms with van der Waals surface area (Å²) >= 11 is 0. The first kappa shape index (κ1) is 18.6. The van der Waals surface area contributed by atoms with Gasteiger partial charge in [-0.3, -0.25) is 4.90 Å². The molecule has 1 N–H and O–H groups in total. The summed E-state index contributed by atoms with van der Waals surface area (Å²) in [7, 11) is 0. The van der Waals surface area contributed by atoms with Crippen molar-refractivity contribution < 1.29 is 9.47 Å². The van der Waals surface area contributed by atoms with E-state index < -0.39 is 0 Å². The highest BCUT2D eigenvalue weighted by molar-refractivity contribution is 5.83. The van der Waals surface area contributed by atoms with Gasteiger partial charge in [0.25, 0.3) is 0 Å². The van der Waals surface area contributed by atoms with E-state index in [2.05, 4.69) is 66.3 Å². The van der Waals surface area contributed by atoms with Gasteiger partial charge in [-0.2, -0.15) is 0 Å². The van der Waals surface area contributed by atoms with Crippen LogP contribution in [0.3, 0.4) is 0 Å². The Balaban J connectivity index is 1.43. The highest BCUT2D eigenvalue weighted by Gasteiger charge is 2.30. The van der Waals surface area contributed by atoms with Crippen LogP contribution in [0.15, 0.2) is 42.6 Å². The first-order chi connectivity index (χ1) is 14.2. The zero-order valence-electron chi connectivity index (χ0n) is 17.4. The molecule has 1 aromatic heterocycles. The van der Waals surface area contributed by atoms with Crippen molar-refractivity contribution >= 4 is 10.9 Å². The summed E-state index contributed by atoms with van der Waals surface area (Å²) in [5, 5.41) is 1.35. The summed E-state index contributed by atoms with van der Waals surface area (Å²) in [5.74, 6) is 2.55. The Morgan fingerprint density at radius 1 is 1.14 bits per heavy atom. The molecule has 3 aromatic rings. The van der Waals surface area contributed by atoms with Crippen LogP contribution in [0.4, 0.5) is 0 Å². The number of aryl methyl sites for hydroxylation is 1. The van der Waals surface area contributed by atoms with Crippen LogP contribution in [-0.2, 0) is 12.8 Å². The number of aromatic nitrogens is 1. The molecule has 0 radical (unpaired) electrons. The van der Waals surface area contributed by atoms with E-state index in [1.54, 1.807) is 0 Å². The molecule has 0 bridgehead atoms. The van der Waals surface area contributed by atoms with Crippen molar-refractivity contribution in [2.45, 2.75) is 45.6 Å². The number of nitrogens with one attached hydrogen (secondary N) is 1. The van der Waals surface area contributed by atoms with E-state index in [0.717, 1.165) is 49.8 Å². The van der Waals surface area contributed by atoms with Gasteiger partial charge in [-0.05, 0) is 73.0 Å². The minimum absolute atomic E-state index is 0.343. The predicted octanol–water partition coefficient (Wildman–Crippen LogP) is 5.47. The fourth-order valence-electron chi connectivity index (χ4n) is 4.80. The van der Waals surface area contributed by atoms with Gasteiger partial charge in [0, 0.05) is 29.7 Å². The molecule has 4 nitrogen and oxygen atoms in total. The number of nitrogens with zero attached hydrogens (tertiary/aromatic N) is 1. The maximum Gasteiger partial charge on any atom is 0.231 e. The molecule has 1 atom stereocenters. The molecule has 5 rings (SSSR count). The summed E-state index contributed by atoms with van der Waals surface area (Å²) in [4.78, 5) is 6.12. The highest BCUT2D eigenvalue weighted by Crippen LogP contribution is 2.42. The summed E-state index contributed by atoms with van der Waals surface area (Å²) < 4.78 is 11.3. The van der Waals surface area contributed by atoms with E-state index in [9.17, 15) is 0 Å². The smallest absolute Gasteiger partial charge is 0.231 e. The van der Waals surface area contributed by atoms with Crippen LogP contribution in [0.1, 0.15) is 49.4 Å². The number of rotatable bonds is 6. The molecule has 0 fully saturated rings. The molecule has 1 unspecified atom stereocenters. The zero-order valence-corrected chi connectivity index (χ0v) is 17.4. The molecule has 152 valence electrons. The number of hydrogen-bond donors (Lipinski definition) is 1. The Morgan fingerprint density at radius 3 is 2.83 bits per heavy atom. The van der Waals surface area contributed by atoms with Gasteiger partial charge < -0.3 is 14.5 Å². The van der Waals surface area contributed by atoms with Gasteiger partial charge in [-0.15, -0.1) is 0 Å². The van der Waals surface area contributed by atoms with E-state index in [1.807, 2.05) is 0 Å². The molecule has 0 spiro atoms. The number of ether oxygens (including phenoxy) is 2. The molecule has 3 heterocycles. The lowest BCUT2D eigenvalue weighted by molar-refractivity contribution is 0.166. The molecule has 2 aromatic carbocycles. The Bertz CT molecular complexity index is 1010. The fraction of sp³-hybridized carbons (Fsp3) is 0.440. The van der Waals surface area contributed by atoms with Crippen LogP contribution in [0.2, 0.25) is 0 Å². The van der Waals surface area contributed by atoms with E-state index in [1.165, 1.54) is 34.0 Å². The zero-order chi connectivity index (χ0) is 19.8. The lowest BCUT2D eigenvalue weighted by Gasteiger charge is -2.38. The number of H-pyrrole nitrogens is 1. The number of fused-ring (bicyclic) bond motifs is 3. The minimum atomic E-state index is 0.343. The quantitative estimate of drug-likeness (QED) is 0.606. The Morgan fingerprint density at radius 2 is 1.97 bits per heavy atom. The maximum absolute atomic E-state index is 5.71. The van der Waals surface area contributed by atoms with Gasteiger partial charge in [-0.1, -0.05) is 32.0 Å². The molecule has 0 amide bonds. The fourth-order valence-corrected chi connectivity index (χ4v) is 4.80. The molecule has 0 saturated heterocycles. The van der Waals surface area contributed by atoms with Crippen LogP contribution < -0.4 is 9.47 Å². The number of aromatic amines is 1. The van der Waals surface area contributed by atoms with Crippen molar-refractivity contribution in [1.29, 1.82) is 0 Å². The van der Waals surface area contributed by atoms with Crippen LogP contribution in [-0.4, -0.2) is 29.8 Å². The van der Waals surface area contributed by atoms with Gasteiger partial charge >= 0.3 is 0 Å². The minimum Gasteiger partial charge on any atom is -0.454 e. The Labute approximate surface area is 172 Å². The van der Waals surface area contributed by atoms with Crippen LogP contribution in [0.5, 0.6) is 11.5 Å². The van der Waals surface area contributed by atoms with Gasteiger partial charge in [0.2, 0.25) is 6.79 Å². The van der Waals surface area contributed by atoms with Crippen LogP contribution in [0, 0.1) is 5.92 Å². The standard InChI is InChI=1S/C25H30N2O2/c1-17(2)9-11-27-12-10-18-13-24-25(29-16-28-24)14-21(18)23(27)8-7-19-15-26-22-6-4-3-5-20(19)22/h3-6,13-15,17,23,26H,7-12,16H2,1-2H3. The van der Waals surface area contributed by atoms with Gasteiger partial charge in [-0.25, -0.2) is 0 Å². The van der Waals surface area contributed by atoms with Crippen LogP contribution >= 0.6 is 0 Å². The Kier molecular flexibility index (Phi) is 4.96. The molecule has 29 heavy (non-hydrogen) atoms. The monoisotopic (exact) mass is 390 g/mol. The number of para-hydroxylation sites is 1. The molecule has 2 aliphatic rings. The molecule has 0 aliphatic carbocycles. The van der Waals surface area contributed by atoms with Gasteiger partial charge in [0.15, 0.2) is 11.5 Å². The van der Waals surface area contributed by atoms with Crippen molar-refractivity contribution in [2.75, 3.05) is 19.9 Å². The van der Waals surface area contributed by atoms with Crippen molar-refractivity contribution in [2.24, 2.45) is 5.92 Å². The molecular formula is C25H30N2O2. The predicted molar refractivity (Wildman–Crippen MR) is 117 cm³/mol. The van der Waals surface area contributed by atoms with Crippen molar-refractivity contribution in [3.05, 3.63) is 59.3 Å². The molecule has 2 aliphatic heterocycles. The van der Waals surface area contributed by atoms with E-state index in [0.29, 0.717) is 12.8 Å². The van der Waals surface area contributed by atoms with Crippen molar-refractivity contribution in [3.63, 3.8) is 0 Å². The SMILES string of the molecule is CC(C)CCN1CCc2cc3c(cc2C1CCc1c[nH]c2ccccc12)OCO3. The van der Waals surface area contributed by atoms with Gasteiger partial charge in [0.05, 0.1) is 0 Å². The Hall–Kier alpha value is -2.46. The number of hydrogen-bond acceptors (Lipinski definition) is 3. The second-order valence-corrected chi connectivity index (χ2v) is 8.79. The maximum atomic E-state index is 5.71. The second-order valence-electron chi connectivity index (χ2n) is 8.79. The van der Waals surface area contributed by atoms with E-state index in [-0.39, 0.29) is 0 Å². The third kappa shape index (κ3) is 3.62. The lowest BCUT2D eigenvalue weighted by atomic mass is 9.88. The summed E-state index contributed by atoms with van der Waals surface area (Å²) in [6, 6.07) is 13.5. The van der Waals surface area contributed by atoms with Crippen molar-refractivity contribution in [1.82, 2.24) is 9.88 Å². The van der Waals surface area contributed by atoms with Gasteiger partial charge in [0.1, 0.15) is 0 Å². The average molecular weight is 391 g/mol. The highest BCUT2D eigenvalue weighted by atomic mass is 16.7. The molecule has 0 saturated carbocycles. The molecular weight excluding hydrogens is 360 g/mol. The summed E-state index contributed by atoms with van der Waals surface area (Å²) in [6.07, 6.45) is 6.71. The summed E-state index contributed by atoms with van der Waals surface area (Å²) in [6.45, 7) is 7.26. The van der Waals surface area contributed by atoms with E-state index in [4.69, 9.17) is 9.47 Å². The topological polar surface area (TPSA) is 37.5 Å². The third-order valence-corrected chi connectivity index (χ3v) is 6.46. The lowest BCUT2D eigenvalue weighted by Crippen LogP contribution is -2.37. The number of benzene rings is 2. The van der Waals surface area contributed by atoms with Crippen molar-refractivity contribution in [3.8, 4) is 11.5 Å². The average Bonchev–Trinajstić information content (AvgIpc) is 3.35. The molecule has 4 heteroatoms. The second kappa shape index (κ2) is 7.75. The first-order valence-corrected chi connectivity index (χ1v) is 10.9. The van der Waals surface area contributed by atoms with Crippen LogP contribution in [0.25, 0.3) is 10.9 Å². The normalized spacial score (nSPS) is 18.5. The first-order valence-electron chi connectivity index (χ1n) is 10.9. The summed E-state index contributed by atoms with van der Waals surface area (Å²) in [5.41, 5.74) is 5.51. The third-order valence-electron chi connectivity index (χ3n) is 6.46. The van der Waals surface area contributed by atoms with E-state index >= 15 is 0 Å².